The van der Waals surface area contributed by atoms with E-state index in [2.05, 4.69) is 0 Å². The Bertz CT molecular complexity index is 464. The molecule has 1 aliphatic heterocycles. The van der Waals surface area contributed by atoms with Crippen LogP contribution in [-0.2, 0) is 4.74 Å². The molecule has 0 spiro atoms. The summed E-state index contributed by atoms with van der Waals surface area (Å²) < 4.78 is 18.7. The molecular formula is C13H17FN2O2. The first-order valence-corrected chi connectivity index (χ1v) is 5.96. The van der Waals surface area contributed by atoms with Crippen LogP contribution in [0.4, 0.5) is 10.1 Å². The van der Waals surface area contributed by atoms with Gasteiger partial charge >= 0.3 is 0 Å². The van der Waals surface area contributed by atoms with Gasteiger partial charge < -0.3 is 15.4 Å². The number of amides is 1. The topological polar surface area (TPSA) is 55.6 Å². The van der Waals surface area contributed by atoms with Gasteiger partial charge in [0.05, 0.1) is 24.3 Å². The van der Waals surface area contributed by atoms with Gasteiger partial charge in [0, 0.05) is 12.2 Å². The van der Waals surface area contributed by atoms with Crippen LogP contribution in [0.3, 0.4) is 0 Å². The van der Waals surface area contributed by atoms with Crippen LogP contribution >= 0.6 is 0 Å². The fraction of sp³-hybridized carbons (Fsp3) is 0.462. The van der Waals surface area contributed by atoms with Crippen LogP contribution in [0.2, 0.25) is 0 Å². The lowest BCUT2D eigenvalue weighted by molar-refractivity contribution is -0.0386. The number of ether oxygens (including phenoxy) is 1. The number of anilines is 1. The number of carbonyl (C=O) groups excluding carboxylic acids is 1. The Morgan fingerprint density at radius 2 is 2.22 bits per heavy atom. The largest absolute Gasteiger partial charge is 0.398 e. The molecule has 0 saturated carbocycles. The van der Waals surface area contributed by atoms with E-state index in [9.17, 15) is 9.18 Å². The van der Waals surface area contributed by atoms with E-state index in [0.717, 1.165) is 0 Å². The van der Waals surface area contributed by atoms with Crippen molar-refractivity contribution in [3.8, 4) is 0 Å². The lowest BCUT2D eigenvalue weighted by atomic mass is 10.1. The molecule has 4 nitrogen and oxygen atoms in total. The monoisotopic (exact) mass is 252 g/mol. The molecule has 1 aromatic carbocycles. The van der Waals surface area contributed by atoms with Gasteiger partial charge in [-0.1, -0.05) is 0 Å². The third kappa shape index (κ3) is 2.46. The zero-order valence-electron chi connectivity index (χ0n) is 10.5. The highest BCUT2D eigenvalue weighted by atomic mass is 19.1. The van der Waals surface area contributed by atoms with Crippen LogP contribution in [0.1, 0.15) is 24.2 Å². The second-order valence-electron chi connectivity index (χ2n) is 4.68. The van der Waals surface area contributed by atoms with Crippen molar-refractivity contribution in [3.05, 3.63) is 29.6 Å². The lowest BCUT2D eigenvalue weighted by Gasteiger charge is -2.37. The van der Waals surface area contributed by atoms with Gasteiger partial charge in [0.1, 0.15) is 5.82 Å². The summed E-state index contributed by atoms with van der Waals surface area (Å²) >= 11 is 0. The highest BCUT2D eigenvalue weighted by molar-refractivity contribution is 5.99. The van der Waals surface area contributed by atoms with Crippen molar-refractivity contribution in [2.45, 2.75) is 26.0 Å². The Morgan fingerprint density at radius 3 is 2.94 bits per heavy atom. The number of carbonyl (C=O) groups is 1. The van der Waals surface area contributed by atoms with Gasteiger partial charge in [-0.25, -0.2) is 4.39 Å². The number of rotatable bonds is 1. The van der Waals surface area contributed by atoms with E-state index in [1.165, 1.54) is 18.2 Å². The minimum absolute atomic E-state index is 0.0140. The average Bonchev–Trinajstić information content (AvgIpc) is 2.34. The molecule has 2 rings (SSSR count). The maximum Gasteiger partial charge on any atom is 0.256 e. The summed E-state index contributed by atoms with van der Waals surface area (Å²) in [4.78, 5) is 14.0. The molecule has 1 amide bonds. The second-order valence-corrected chi connectivity index (χ2v) is 4.68. The summed E-state index contributed by atoms with van der Waals surface area (Å²) in [7, 11) is 0. The van der Waals surface area contributed by atoms with Crippen molar-refractivity contribution >= 4 is 11.6 Å². The van der Waals surface area contributed by atoms with E-state index in [1.54, 1.807) is 4.90 Å². The molecule has 18 heavy (non-hydrogen) atoms. The van der Waals surface area contributed by atoms with Crippen molar-refractivity contribution in [1.29, 1.82) is 0 Å². The fourth-order valence-corrected chi connectivity index (χ4v) is 2.05. The molecule has 1 aliphatic rings. The van der Waals surface area contributed by atoms with Gasteiger partial charge in [-0.2, -0.15) is 0 Å². The molecule has 1 aromatic rings. The Kier molecular flexibility index (Phi) is 3.52. The summed E-state index contributed by atoms with van der Waals surface area (Å²) in [5.74, 6) is -0.698. The molecule has 5 heteroatoms. The molecule has 1 fully saturated rings. The quantitative estimate of drug-likeness (QED) is 0.773. The first-order valence-electron chi connectivity index (χ1n) is 5.96. The number of morpholine rings is 1. The maximum atomic E-state index is 13.2. The van der Waals surface area contributed by atoms with E-state index < -0.39 is 5.82 Å². The number of nitrogens with two attached hydrogens (primary N) is 1. The minimum Gasteiger partial charge on any atom is -0.398 e. The van der Waals surface area contributed by atoms with Crippen LogP contribution in [0.15, 0.2) is 18.2 Å². The van der Waals surface area contributed by atoms with Gasteiger partial charge in [-0.05, 0) is 32.0 Å². The first-order chi connectivity index (χ1) is 8.49. The minimum atomic E-state index is -0.457. The van der Waals surface area contributed by atoms with E-state index in [4.69, 9.17) is 10.5 Å². The third-order valence-corrected chi connectivity index (χ3v) is 3.11. The summed E-state index contributed by atoms with van der Waals surface area (Å²) in [5.41, 5.74) is 6.25. The number of benzene rings is 1. The number of halogens is 1. The van der Waals surface area contributed by atoms with Gasteiger partial charge in [0.15, 0.2) is 0 Å². The zero-order chi connectivity index (χ0) is 13.3. The van der Waals surface area contributed by atoms with E-state index in [0.29, 0.717) is 18.8 Å². The Hall–Kier alpha value is -1.62. The number of nitrogen functional groups attached to an aromatic ring is 1. The normalized spacial score (nSPS) is 24.1. The maximum absolute atomic E-state index is 13.2. The smallest absolute Gasteiger partial charge is 0.256 e. The van der Waals surface area contributed by atoms with E-state index >= 15 is 0 Å². The predicted octanol–water partition coefficient (Wildman–Crippen LogP) is 1.66. The number of hydrogen-bond acceptors (Lipinski definition) is 3. The predicted molar refractivity (Wildman–Crippen MR) is 66.7 cm³/mol. The highest BCUT2D eigenvalue weighted by Gasteiger charge is 2.29. The van der Waals surface area contributed by atoms with Crippen LogP contribution in [-0.4, -0.2) is 36.1 Å². The van der Waals surface area contributed by atoms with Gasteiger partial charge in [0.25, 0.3) is 5.91 Å². The second kappa shape index (κ2) is 4.94. The molecule has 2 N–H and O–H groups in total. The Morgan fingerprint density at radius 1 is 1.50 bits per heavy atom. The molecule has 0 radical (unpaired) electrons. The summed E-state index contributed by atoms with van der Waals surface area (Å²) in [6.07, 6.45) is -0.0140. The Balaban J connectivity index is 2.27. The molecular weight excluding hydrogens is 235 g/mol. The fourth-order valence-electron chi connectivity index (χ4n) is 2.05. The molecule has 1 heterocycles. The highest BCUT2D eigenvalue weighted by Crippen LogP contribution is 2.20. The molecule has 2 atom stereocenters. The van der Waals surface area contributed by atoms with Crippen molar-refractivity contribution < 1.29 is 13.9 Å². The SMILES string of the molecule is CC1CN(C(=O)c2cc(F)ccc2N)C(C)CO1. The van der Waals surface area contributed by atoms with Gasteiger partial charge in [-0.15, -0.1) is 0 Å². The molecule has 2 unspecified atom stereocenters. The molecule has 0 aliphatic carbocycles. The van der Waals surface area contributed by atoms with Gasteiger partial charge in [0.2, 0.25) is 0 Å². The average molecular weight is 252 g/mol. The van der Waals surface area contributed by atoms with E-state index in [1.807, 2.05) is 13.8 Å². The van der Waals surface area contributed by atoms with Crippen molar-refractivity contribution in [2.75, 3.05) is 18.9 Å². The van der Waals surface area contributed by atoms with Gasteiger partial charge in [-0.3, -0.25) is 4.79 Å². The molecule has 1 saturated heterocycles. The van der Waals surface area contributed by atoms with Crippen molar-refractivity contribution in [2.24, 2.45) is 0 Å². The summed E-state index contributed by atoms with van der Waals surface area (Å²) in [5, 5.41) is 0. The van der Waals surface area contributed by atoms with Crippen LogP contribution in [0.25, 0.3) is 0 Å². The number of hydrogen-bond donors (Lipinski definition) is 1. The van der Waals surface area contributed by atoms with Crippen LogP contribution < -0.4 is 5.73 Å². The van der Waals surface area contributed by atoms with Crippen LogP contribution in [0, 0.1) is 5.82 Å². The summed E-state index contributed by atoms with van der Waals surface area (Å²) in [6, 6.07) is 3.82. The summed E-state index contributed by atoms with van der Waals surface area (Å²) in [6.45, 7) is 4.79. The van der Waals surface area contributed by atoms with Crippen LogP contribution in [0.5, 0.6) is 0 Å². The van der Waals surface area contributed by atoms with E-state index in [-0.39, 0.29) is 23.6 Å². The van der Waals surface area contributed by atoms with Crippen molar-refractivity contribution in [3.63, 3.8) is 0 Å². The first kappa shape index (κ1) is 12.8. The Labute approximate surface area is 106 Å². The molecule has 0 aromatic heterocycles. The molecule has 98 valence electrons. The number of nitrogens with zero attached hydrogens (tertiary/aromatic N) is 1. The third-order valence-electron chi connectivity index (χ3n) is 3.11. The standard InChI is InChI=1S/C13H17FN2O2/c1-8-7-18-9(2)6-16(8)13(17)11-5-10(14)3-4-12(11)15/h3-5,8-9H,6-7,15H2,1-2H3. The van der Waals surface area contributed by atoms with Crippen molar-refractivity contribution in [1.82, 2.24) is 4.90 Å². The molecule has 0 bridgehead atoms. The zero-order valence-corrected chi connectivity index (χ0v) is 10.5. The lowest BCUT2D eigenvalue weighted by Crippen LogP contribution is -2.50.